The van der Waals surface area contributed by atoms with Gasteiger partial charge in [-0.3, -0.25) is 4.90 Å². The van der Waals surface area contributed by atoms with Crippen molar-refractivity contribution in [2.45, 2.75) is 38.3 Å². The fraction of sp³-hybridized carbons (Fsp3) is 0.444. The summed E-state index contributed by atoms with van der Waals surface area (Å²) < 4.78 is 7.77. The van der Waals surface area contributed by atoms with E-state index >= 15 is 0 Å². The Hall–Kier alpha value is -3.43. The molecule has 1 aliphatic heterocycles. The highest BCUT2D eigenvalue weighted by Gasteiger charge is 2.24. The second-order valence-corrected chi connectivity index (χ2v) is 9.71. The van der Waals surface area contributed by atoms with Gasteiger partial charge in [-0.15, -0.1) is 0 Å². The number of anilines is 2. The number of β-amino-alcohol motifs (C(OH)–C–C–N with tert-alkyl or cyclic N) is 1. The molecule has 9 nitrogen and oxygen atoms in total. The van der Waals surface area contributed by atoms with Gasteiger partial charge in [-0.05, 0) is 30.5 Å². The maximum absolute atomic E-state index is 9.28. The van der Waals surface area contributed by atoms with Crippen molar-refractivity contribution in [1.82, 2.24) is 24.4 Å². The van der Waals surface area contributed by atoms with Gasteiger partial charge in [-0.2, -0.15) is 9.97 Å². The van der Waals surface area contributed by atoms with Gasteiger partial charge >= 0.3 is 0 Å². The third kappa shape index (κ3) is 4.68. The highest BCUT2D eigenvalue weighted by atomic mass is 16.3. The minimum Gasteiger partial charge on any atom is -0.464 e. The molecule has 2 fully saturated rings. The number of piperazine rings is 1. The number of furan rings is 1. The van der Waals surface area contributed by atoms with Crippen LogP contribution in [-0.2, 0) is 6.54 Å². The van der Waals surface area contributed by atoms with Gasteiger partial charge in [0.05, 0.1) is 19.2 Å². The molecule has 6 rings (SSSR count). The van der Waals surface area contributed by atoms with E-state index in [9.17, 15) is 5.11 Å². The lowest BCUT2D eigenvalue weighted by atomic mass is 10.1. The van der Waals surface area contributed by atoms with Crippen molar-refractivity contribution < 1.29 is 9.52 Å². The number of benzene rings is 1. The number of imidazole rings is 1. The van der Waals surface area contributed by atoms with Gasteiger partial charge in [-0.25, -0.2) is 4.98 Å². The maximum Gasteiger partial charge on any atom is 0.229 e. The van der Waals surface area contributed by atoms with Crippen molar-refractivity contribution in [2.24, 2.45) is 0 Å². The Morgan fingerprint density at radius 2 is 1.81 bits per heavy atom. The summed E-state index contributed by atoms with van der Waals surface area (Å²) in [5.74, 6) is 2.40. The quantitative estimate of drug-likeness (QED) is 0.386. The third-order valence-corrected chi connectivity index (χ3v) is 7.42. The molecule has 1 aromatic carbocycles. The summed E-state index contributed by atoms with van der Waals surface area (Å²) in [5.41, 5.74) is 3.97. The number of nitrogens with zero attached hydrogens (tertiary/aromatic N) is 6. The predicted molar refractivity (Wildman–Crippen MR) is 140 cm³/mol. The lowest BCUT2D eigenvalue weighted by molar-refractivity contribution is 0.188. The Bertz CT molecular complexity index is 1270. The van der Waals surface area contributed by atoms with Gasteiger partial charge < -0.3 is 24.3 Å². The molecule has 0 amide bonds. The summed E-state index contributed by atoms with van der Waals surface area (Å²) in [4.78, 5) is 19.3. The predicted octanol–water partition coefficient (Wildman–Crippen LogP) is 3.93. The molecule has 1 aliphatic carbocycles. The average molecular weight is 488 g/mol. The van der Waals surface area contributed by atoms with E-state index in [4.69, 9.17) is 19.4 Å². The summed E-state index contributed by atoms with van der Waals surface area (Å²) in [5, 5.41) is 12.8. The molecule has 2 aliphatic rings. The first kappa shape index (κ1) is 23.0. The van der Waals surface area contributed by atoms with Crippen molar-refractivity contribution >= 4 is 22.9 Å². The van der Waals surface area contributed by atoms with Crippen LogP contribution in [0.4, 0.5) is 11.8 Å². The van der Waals surface area contributed by atoms with Crippen LogP contribution in [0.25, 0.3) is 22.5 Å². The number of nitrogens with one attached hydrogen (secondary N) is 1. The zero-order valence-electron chi connectivity index (χ0n) is 20.5. The summed E-state index contributed by atoms with van der Waals surface area (Å²) in [6.07, 6.45) is 8.51. The molecule has 0 bridgehead atoms. The van der Waals surface area contributed by atoms with E-state index in [-0.39, 0.29) is 6.61 Å². The van der Waals surface area contributed by atoms with Gasteiger partial charge in [0.2, 0.25) is 5.95 Å². The van der Waals surface area contributed by atoms with E-state index in [2.05, 4.69) is 43.9 Å². The minimum absolute atomic E-state index is 0.194. The molecule has 0 spiro atoms. The fourth-order valence-electron chi connectivity index (χ4n) is 5.35. The Kier molecular flexibility index (Phi) is 6.57. The van der Waals surface area contributed by atoms with Crippen molar-refractivity contribution in [1.29, 1.82) is 0 Å². The topological polar surface area (TPSA) is 95.5 Å². The lowest BCUT2D eigenvalue weighted by Gasteiger charge is -2.34. The molecule has 4 heterocycles. The van der Waals surface area contributed by atoms with E-state index in [1.807, 2.05) is 18.5 Å². The second kappa shape index (κ2) is 10.3. The standard InChI is InChI=1S/C27H33N7O2/c35-16-15-32-11-13-33(14-12-32)27-30-25(24-26(31-27)34(19-29-24)22-4-1-2-5-22)28-18-20-7-9-21(10-8-20)23-6-3-17-36-23/h3,6-10,17,19,22,35H,1-2,4-5,11-16,18H2,(H,28,30,31). The van der Waals surface area contributed by atoms with Crippen LogP contribution >= 0.6 is 0 Å². The van der Waals surface area contributed by atoms with E-state index in [1.165, 1.54) is 25.7 Å². The Labute approximate surface area is 210 Å². The molecule has 2 N–H and O–H groups in total. The van der Waals surface area contributed by atoms with Crippen LogP contribution in [0.5, 0.6) is 0 Å². The molecule has 1 saturated carbocycles. The number of aliphatic hydroxyl groups is 1. The van der Waals surface area contributed by atoms with E-state index in [0.717, 1.165) is 66.0 Å². The number of aromatic nitrogens is 4. The monoisotopic (exact) mass is 487 g/mol. The van der Waals surface area contributed by atoms with Crippen LogP contribution in [0.2, 0.25) is 0 Å². The van der Waals surface area contributed by atoms with Crippen molar-refractivity contribution in [3.8, 4) is 11.3 Å². The number of aliphatic hydroxyl groups excluding tert-OH is 1. The molecule has 0 atom stereocenters. The van der Waals surface area contributed by atoms with Gasteiger partial charge in [0, 0.05) is 50.9 Å². The summed E-state index contributed by atoms with van der Waals surface area (Å²) in [6.45, 7) is 5.04. The number of hydrogen-bond acceptors (Lipinski definition) is 8. The summed E-state index contributed by atoms with van der Waals surface area (Å²) in [6, 6.07) is 12.7. The molecule has 4 aromatic rings. The van der Waals surface area contributed by atoms with Crippen LogP contribution in [0.1, 0.15) is 37.3 Å². The largest absolute Gasteiger partial charge is 0.464 e. The maximum atomic E-state index is 9.28. The molecule has 9 heteroatoms. The SMILES string of the molecule is OCCN1CCN(c2nc(NCc3ccc(-c4ccco4)cc3)c3ncn(C4CCCC4)c3n2)CC1. The first-order valence-electron chi connectivity index (χ1n) is 13.0. The van der Waals surface area contributed by atoms with Gasteiger partial charge in [0.1, 0.15) is 5.76 Å². The van der Waals surface area contributed by atoms with E-state index < -0.39 is 0 Å². The first-order valence-corrected chi connectivity index (χ1v) is 13.0. The number of hydrogen-bond donors (Lipinski definition) is 2. The van der Waals surface area contributed by atoms with Gasteiger partial charge in [0.25, 0.3) is 0 Å². The molecular formula is C27H33N7O2. The number of rotatable bonds is 8. The molecule has 0 radical (unpaired) electrons. The second-order valence-electron chi connectivity index (χ2n) is 9.71. The Morgan fingerprint density at radius 1 is 1.00 bits per heavy atom. The minimum atomic E-state index is 0.194. The zero-order valence-corrected chi connectivity index (χ0v) is 20.5. The third-order valence-electron chi connectivity index (χ3n) is 7.42. The zero-order chi connectivity index (χ0) is 24.3. The van der Waals surface area contributed by atoms with Crippen LogP contribution in [0.3, 0.4) is 0 Å². The Balaban J connectivity index is 1.26. The lowest BCUT2D eigenvalue weighted by Crippen LogP contribution is -2.47. The van der Waals surface area contributed by atoms with Crippen LogP contribution < -0.4 is 10.2 Å². The molecule has 36 heavy (non-hydrogen) atoms. The van der Waals surface area contributed by atoms with Crippen LogP contribution in [0, 0.1) is 0 Å². The molecular weight excluding hydrogens is 454 g/mol. The van der Waals surface area contributed by atoms with Crippen LogP contribution in [-0.4, -0.2) is 68.9 Å². The Morgan fingerprint density at radius 3 is 2.53 bits per heavy atom. The van der Waals surface area contributed by atoms with Gasteiger partial charge in [0.15, 0.2) is 17.0 Å². The van der Waals surface area contributed by atoms with Crippen molar-refractivity contribution in [3.63, 3.8) is 0 Å². The smallest absolute Gasteiger partial charge is 0.229 e. The first-order chi connectivity index (χ1) is 17.8. The van der Waals surface area contributed by atoms with Crippen LogP contribution in [0.15, 0.2) is 53.4 Å². The molecule has 188 valence electrons. The van der Waals surface area contributed by atoms with Gasteiger partial charge in [-0.1, -0.05) is 37.1 Å². The highest BCUT2D eigenvalue weighted by molar-refractivity contribution is 5.84. The summed E-state index contributed by atoms with van der Waals surface area (Å²) in [7, 11) is 0. The summed E-state index contributed by atoms with van der Waals surface area (Å²) >= 11 is 0. The van der Waals surface area contributed by atoms with E-state index in [1.54, 1.807) is 6.26 Å². The van der Waals surface area contributed by atoms with Crippen molar-refractivity contribution in [2.75, 3.05) is 49.5 Å². The number of fused-ring (bicyclic) bond motifs is 1. The van der Waals surface area contributed by atoms with E-state index in [0.29, 0.717) is 19.1 Å². The normalized spacial score (nSPS) is 17.3. The molecule has 0 unspecified atom stereocenters. The molecule has 3 aromatic heterocycles. The average Bonchev–Trinajstić information content (AvgIpc) is 3.70. The molecule has 1 saturated heterocycles. The fourth-order valence-corrected chi connectivity index (χ4v) is 5.35. The van der Waals surface area contributed by atoms with Crippen molar-refractivity contribution in [3.05, 3.63) is 54.6 Å². The highest BCUT2D eigenvalue weighted by Crippen LogP contribution is 2.33.